The molecule has 0 radical (unpaired) electrons. The van der Waals surface area contributed by atoms with Crippen LogP contribution < -0.4 is 15.2 Å². The second kappa shape index (κ2) is 5.24. The van der Waals surface area contributed by atoms with Crippen LogP contribution >= 0.6 is 0 Å². The molecule has 3 N–H and O–H groups in total. The largest absolute Gasteiger partial charge is 0.495 e. The first-order valence-electron chi connectivity index (χ1n) is 4.81. The Morgan fingerprint density at radius 1 is 1.24 bits per heavy atom. The van der Waals surface area contributed by atoms with Gasteiger partial charge in [0.25, 0.3) is 0 Å². The van der Waals surface area contributed by atoms with Crippen LogP contribution in [0.5, 0.6) is 11.5 Å². The standard InChI is InChI=1S/C10H15NO5S/c1-15-8-6-10(17(13,14)4-3-12)9(16-2)5-7(8)11/h5-6,12H,3-4,11H2,1-2H3. The molecule has 1 rings (SSSR count). The summed E-state index contributed by atoms with van der Waals surface area (Å²) >= 11 is 0. The molecular weight excluding hydrogens is 246 g/mol. The lowest BCUT2D eigenvalue weighted by Crippen LogP contribution is -2.12. The van der Waals surface area contributed by atoms with E-state index in [1.54, 1.807) is 0 Å². The Bertz CT molecular complexity index is 498. The average molecular weight is 261 g/mol. The van der Waals surface area contributed by atoms with Gasteiger partial charge in [-0.15, -0.1) is 0 Å². The van der Waals surface area contributed by atoms with Crippen molar-refractivity contribution in [1.29, 1.82) is 0 Å². The van der Waals surface area contributed by atoms with Gasteiger partial charge in [-0.05, 0) is 0 Å². The van der Waals surface area contributed by atoms with E-state index in [2.05, 4.69) is 0 Å². The monoisotopic (exact) mass is 261 g/mol. The minimum Gasteiger partial charge on any atom is -0.495 e. The van der Waals surface area contributed by atoms with E-state index in [1.165, 1.54) is 26.4 Å². The third kappa shape index (κ3) is 2.80. The van der Waals surface area contributed by atoms with Gasteiger partial charge in [-0.25, -0.2) is 8.42 Å². The molecule has 17 heavy (non-hydrogen) atoms. The van der Waals surface area contributed by atoms with E-state index in [0.717, 1.165) is 0 Å². The van der Waals surface area contributed by atoms with Crippen LogP contribution in [0.1, 0.15) is 0 Å². The Labute approximate surface area is 99.9 Å². The summed E-state index contributed by atoms with van der Waals surface area (Å²) < 4.78 is 33.6. The van der Waals surface area contributed by atoms with Crippen molar-refractivity contribution < 1.29 is 23.0 Å². The molecule has 0 fully saturated rings. The van der Waals surface area contributed by atoms with Crippen molar-refractivity contribution >= 4 is 15.5 Å². The van der Waals surface area contributed by atoms with E-state index in [0.29, 0.717) is 0 Å². The molecule has 1 aromatic carbocycles. The summed E-state index contributed by atoms with van der Waals surface area (Å²) in [5.41, 5.74) is 5.93. The predicted octanol–water partition coefficient (Wildman–Crippen LogP) is 0.0520. The SMILES string of the molecule is COc1cc(S(=O)(=O)CCO)c(OC)cc1N. The molecule has 0 saturated carbocycles. The number of benzene rings is 1. The highest BCUT2D eigenvalue weighted by Gasteiger charge is 2.21. The topological polar surface area (TPSA) is 98.9 Å². The number of ether oxygens (including phenoxy) is 2. The third-order valence-corrected chi connectivity index (χ3v) is 3.92. The molecule has 96 valence electrons. The normalized spacial score (nSPS) is 11.2. The number of hydrogen-bond donors (Lipinski definition) is 2. The zero-order valence-electron chi connectivity index (χ0n) is 9.63. The van der Waals surface area contributed by atoms with Crippen LogP contribution in [0.3, 0.4) is 0 Å². The van der Waals surface area contributed by atoms with Crippen molar-refractivity contribution in [3.63, 3.8) is 0 Å². The van der Waals surface area contributed by atoms with Crippen molar-refractivity contribution in [2.45, 2.75) is 4.90 Å². The molecule has 0 aromatic heterocycles. The van der Waals surface area contributed by atoms with Crippen molar-refractivity contribution in [1.82, 2.24) is 0 Å². The summed E-state index contributed by atoms with van der Waals surface area (Å²) in [4.78, 5) is -0.0416. The highest BCUT2D eigenvalue weighted by Crippen LogP contribution is 2.34. The second-order valence-corrected chi connectivity index (χ2v) is 5.37. The van der Waals surface area contributed by atoms with Crippen LogP contribution in [0.25, 0.3) is 0 Å². The number of hydrogen-bond acceptors (Lipinski definition) is 6. The fourth-order valence-electron chi connectivity index (χ4n) is 1.37. The Hall–Kier alpha value is -1.47. The first kappa shape index (κ1) is 13.6. The molecule has 0 aliphatic heterocycles. The van der Waals surface area contributed by atoms with E-state index in [-0.39, 0.29) is 27.8 Å². The fraction of sp³-hybridized carbons (Fsp3) is 0.400. The van der Waals surface area contributed by atoms with E-state index in [9.17, 15) is 8.42 Å². The van der Waals surface area contributed by atoms with Gasteiger partial charge in [-0.1, -0.05) is 0 Å². The number of aliphatic hydroxyl groups is 1. The van der Waals surface area contributed by atoms with Crippen molar-refractivity contribution in [2.75, 3.05) is 32.3 Å². The molecule has 0 saturated heterocycles. The summed E-state index contributed by atoms with van der Waals surface area (Å²) in [5, 5.41) is 8.73. The second-order valence-electron chi connectivity index (χ2n) is 3.29. The molecule has 0 aliphatic carbocycles. The molecule has 0 amide bonds. The van der Waals surface area contributed by atoms with Crippen LogP contribution in [0.2, 0.25) is 0 Å². The van der Waals surface area contributed by atoms with Crippen LogP contribution in [0, 0.1) is 0 Å². The summed E-state index contributed by atoms with van der Waals surface area (Å²) in [6.07, 6.45) is 0. The Kier molecular flexibility index (Phi) is 4.19. The minimum atomic E-state index is -3.61. The summed E-state index contributed by atoms with van der Waals surface area (Å²) in [5.74, 6) is 0.00948. The van der Waals surface area contributed by atoms with Gasteiger partial charge >= 0.3 is 0 Å². The maximum atomic E-state index is 11.9. The highest BCUT2D eigenvalue weighted by atomic mass is 32.2. The lowest BCUT2D eigenvalue weighted by Gasteiger charge is -2.12. The molecule has 0 heterocycles. The van der Waals surface area contributed by atoms with Crippen molar-refractivity contribution in [3.05, 3.63) is 12.1 Å². The maximum absolute atomic E-state index is 11.9. The van der Waals surface area contributed by atoms with Crippen molar-refractivity contribution in [3.8, 4) is 11.5 Å². The maximum Gasteiger partial charge on any atom is 0.184 e. The number of rotatable bonds is 5. The molecular formula is C10H15NO5S. The van der Waals surface area contributed by atoms with Gasteiger partial charge in [-0.2, -0.15) is 0 Å². The lowest BCUT2D eigenvalue weighted by atomic mass is 10.3. The number of aliphatic hydroxyl groups excluding tert-OH is 1. The smallest absolute Gasteiger partial charge is 0.184 e. The van der Waals surface area contributed by atoms with Crippen LogP contribution in [0.4, 0.5) is 5.69 Å². The zero-order chi connectivity index (χ0) is 13.1. The van der Waals surface area contributed by atoms with E-state index < -0.39 is 16.4 Å². The number of sulfone groups is 1. The van der Waals surface area contributed by atoms with E-state index in [4.69, 9.17) is 20.3 Å². The molecule has 0 aliphatic rings. The molecule has 6 nitrogen and oxygen atoms in total. The Morgan fingerprint density at radius 3 is 2.29 bits per heavy atom. The first-order chi connectivity index (χ1) is 7.96. The van der Waals surface area contributed by atoms with Crippen LogP contribution in [-0.4, -0.2) is 40.1 Å². The molecule has 0 unspecified atom stereocenters. The fourth-order valence-corrected chi connectivity index (χ4v) is 2.56. The first-order valence-corrected chi connectivity index (χ1v) is 6.46. The number of nitrogen functional groups attached to an aromatic ring is 1. The van der Waals surface area contributed by atoms with Crippen LogP contribution in [0.15, 0.2) is 17.0 Å². The highest BCUT2D eigenvalue weighted by molar-refractivity contribution is 7.91. The summed E-state index contributed by atoms with van der Waals surface area (Å²) in [6.45, 7) is -0.460. The van der Waals surface area contributed by atoms with Gasteiger partial charge in [0.05, 0.1) is 32.3 Å². The number of methoxy groups -OCH3 is 2. The van der Waals surface area contributed by atoms with Gasteiger partial charge in [0.2, 0.25) is 0 Å². The number of nitrogens with two attached hydrogens (primary N) is 1. The van der Waals surface area contributed by atoms with Gasteiger partial charge in [-0.3, -0.25) is 0 Å². The van der Waals surface area contributed by atoms with Gasteiger partial charge < -0.3 is 20.3 Å². The van der Waals surface area contributed by atoms with Gasteiger partial charge in [0.15, 0.2) is 9.84 Å². The Balaban J connectivity index is 3.40. The predicted molar refractivity (Wildman–Crippen MR) is 63.1 cm³/mol. The van der Waals surface area contributed by atoms with Gasteiger partial charge in [0.1, 0.15) is 16.4 Å². The third-order valence-electron chi connectivity index (χ3n) is 2.21. The lowest BCUT2D eigenvalue weighted by molar-refractivity contribution is 0.319. The van der Waals surface area contributed by atoms with E-state index in [1.807, 2.05) is 0 Å². The molecule has 7 heteroatoms. The molecule has 0 bridgehead atoms. The quantitative estimate of drug-likeness (QED) is 0.727. The molecule has 0 atom stereocenters. The summed E-state index contributed by atoms with van der Waals surface area (Å²) in [6, 6.07) is 2.67. The van der Waals surface area contributed by atoms with Crippen LogP contribution in [-0.2, 0) is 9.84 Å². The zero-order valence-corrected chi connectivity index (χ0v) is 10.5. The van der Waals surface area contributed by atoms with Gasteiger partial charge in [0, 0.05) is 12.1 Å². The summed E-state index contributed by atoms with van der Waals surface area (Å²) in [7, 11) is -0.877. The Morgan fingerprint density at radius 2 is 1.82 bits per heavy atom. The van der Waals surface area contributed by atoms with Crippen molar-refractivity contribution in [2.24, 2.45) is 0 Å². The molecule has 0 spiro atoms. The molecule has 1 aromatic rings. The number of anilines is 1. The van der Waals surface area contributed by atoms with E-state index >= 15 is 0 Å². The minimum absolute atomic E-state index is 0.0416. The average Bonchev–Trinajstić information content (AvgIpc) is 2.28.